The largest absolute Gasteiger partial charge is 0.480 e. The van der Waals surface area contributed by atoms with Crippen LogP contribution >= 0.6 is 22.9 Å². The van der Waals surface area contributed by atoms with Gasteiger partial charge in [-0.05, 0) is 31.0 Å². The lowest BCUT2D eigenvalue weighted by atomic mass is 9.97. The van der Waals surface area contributed by atoms with Crippen molar-refractivity contribution >= 4 is 34.9 Å². The minimum absolute atomic E-state index is 0.0622. The minimum atomic E-state index is -3.05. The zero-order valence-corrected chi connectivity index (χ0v) is 23.0. The van der Waals surface area contributed by atoms with Crippen molar-refractivity contribution in [1.29, 1.82) is 0 Å². The Labute approximate surface area is 241 Å². The number of ether oxygens (including phenoxy) is 1. The van der Waals surface area contributed by atoms with Gasteiger partial charge >= 0.3 is 0 Å². The number of halogens is 5. The van der Waals surface area contributed by atoms with Crippen LogP contribution in [0.4, 0.5) is 17.6 Å². The predicted octanol–water partition coefficient (Wildman–Crippen LogP) is 6.32. The maximum absolute atomic E-state index is 13.5. The van der Waals surface area contributed by atoms with Crippen LogP contribution in [0.25, 0.3) is 0 Å². The highest BCUT2D eigenvalue weighted by molar-refractivity contribution is 7.10. The molecule has 216 valence electrons. The Kier molecular flexibility index (Phi) is 8.91. The molecule has 14 heteroatoms. The Hall–Kier alpha value is -3.47. The van der Waals surface area contributed by atoms with Gasteiger partial charge in [-0.3, -0.25) is 9.69 Å². The summed E-state index contributed by atoms with van der Waals surface area (Å²) in [6, 6.07) is 5.91. The molecule has 2 unspecified atom stereocenters. The number of aromatic nitrogens is 3. The number of rotatable bonds is 10. The van der Waals surface area contributed by atoms with E-state index in [1.807, 2.05) is 5.38 Å². The van der Waals surface area contributed by atoms with Gasteiger partial charge in [-0.25, -0.2) is 27.2 Å². The van der Waals surface area contributed by atoms with Crippen LogP contribution in [-0.4, -0.2) is 51.4 Å². The number of carbonyl (C=O) groups is 1. The number of aldehydes is 1. The van der Waals surface area contributed by atoms with Crippen LogP contribution in [0.15, 0.2) is 34.8 Å². The third kappa shape index (κ3) is 6.10. The van der Waals surface area contributed by atoms with E-state index in [0.29, 0.717) is 77.1 Å². The zero-order chi connectivity index (χ0) is 29.1. The molecular weight excluding hydrogens is 586 g/mol. The second-order valence-electron chi connectivity index (χ2n) is 9.45. The van der Waals surface area contributed by atoms with Crippen LogP contribution in [0.1, 0.15) is 78.0 Å². The van der Waals surface area contributed by atoms with Crippen molar-refractivity contribution in [3.8, 4) is 18.1 Å². The molecule has 0 amide bonds. The van der Waals surface area contributed by atoms with Gasteiger partial charge < -0.3 is 9.57 Å². The van der Waals surface area contributed by atoms with Gasteiger partial charge in [0.1, 0.15) is 29.5 Å². The fourth-order valence-electron chi connectivity index (χ4n) is 4.99. The van der Waals surface area contributed by atoms with Crippen molar-refractivity contribution in [3.63, 3.8) is 0 Å². The van der Waals surface area contributed by atoms with Crippen molar-refractivity contribution in [2.45, 2.75) is 50.3 Å². The van der Waals surface area contributed by atoms with Crippen molar-refractivity contribution in [2.75, 3.05) is 19.7 Å². The van der Waals surface area contributed by atoms with Crippen LogP contribution in [0, 0.1) is 12.3 Å². The highest BCUT2D eigenvalue weighted by Crippen LogP contribution is 2.40. The molecule has 5 rings (SSSR count). The van der Waals surface area contributed by atoms with Gasteiger partial charge in [0, 0.05) is 30.8 Å². The quantitative estimate of drug-likeness (QED) is 0.152. The first-order valence-corrected chi connectivity index (χ1v) is 13.9. The molecule has 1 aromatic carbocycles. The van der Waals surface area contributed by atoms with Gasteiger partial charge in [0.05, 0.1) is 21.3 Å². The van der Waals surface area contributed by atoms with E-state index in [2.05, 4.69) is 16.2 Å². The summed E-state index contributed by atoms with van der Waals surface area (Å²) >= 11 is 7.91. The summed E-state index contributed by atoms with van der Waals surface area (Å²) in [5.74, 6) is 3.02. The number of thiazole rings is 1. The van der Waals surface area contributed by atoms with Gasteiger partial charge in [-0.15, -0.1) is 17.8 Å². The molecule has 1 fully saturated rings. The smallest absolute Gasteiger partial charge is 0.282 e. The van der Waals surface area contributed by atoms with Crippen molar-refractivity contribution in [2.24, 2.45) is 5.16 Å². The third-order valence-corrected chi connectivity index (χ3v) is 8.33. The topological polar surface area (TPSA) is 81.8 Å². The van der Waals surface area contributed by atoms with Crippen LogP contribution in [0.2, 0.25) is 5.02 Å². The number of alkyl halides is 4. The number of terminal acetylenes is 1. The maximum atomic E-state index is 13.5. The molecule has 3 aromatic rings. The molecule has 0 radical (unpaired) electrons. The molecule has 2 aromatic heterocycles. The molecule has 4 heterocycles. The summed E-state index contributed by atoms with van der Waals surface area (Å²) in [4.78, 5) is 24.0. The van der Waals surface area contributed by atoms with Crippen LogP contribution in [-0.2, 0) is 9.63 Å². The molecule has 0 N–H and O–H groups in total. The predicted molar refractivity (Wildman–Crippen MR) is 144 cm³/mol. The molecular formula is C27H24ClF4N5O3S. The Morgan fingerprint density at radius 3 is 2.71 bits per heavy atom. The van der Waals surface area contributed by atoms with Gasteiger partial charge in [0.15, 0.2) is 18.6 Å². The second-order valence-corrected chi connectivity index (χ2v) is 10.7. The first-order valence-electron chi connectivity index (χ1n) is 12.7. The molecule has 2 aliphatic rings. The van der Waals surface area contributed by atoms with Crippen LogP contribution < -0.4 is 4.74 Å². The molecule has 0 bridgehead atoms. The van der Waals surface area contributed by atoms with Crippen molar-refractivity contribution in [3.05, 3.63) is 62.3 Å². The highest BCUT2D eigenvalue weighted by Gasteiger charge is 2.34. The lowest BCUT2D eigenvalue weighted by Gasteiger charge is -2.35. The average molecular weight is 610 g/mol. The van der Waals surface area contributed by atoms with Crippen molar-refractivity contribution in [1.82, 2.24) is 19.7 Å². The molecule has 2 aliphatic heterocycles. The molecule has 41 heavy (non-hydrogen) atoms. The number of carbonyl (C=O) groups excluding carboxylic acids is 1. The molecule has 0 saturated carbocycles. The summed E-state index contributed by atoms with van der Waals surface area (Å²) in [6.45, 7) is 0.824. The molecule has 0 spiro atoms. The molecule has 8 nitrogen and oxygen atoms in total. The summed E-state index contributed by atoms with van der Waals surface area (Å²) < 4.78 is 59.6. The van der Waals surface area contributed by atoms with E-state index in [0.717, 1.165) is 5.01 Å². The summed E-state index contributed by atoms with van der Waals surface area (Å²) in [5.41, 5.74) is 0.490. The lowest BCUT2D eigenvalue weighted by Crippen LogP contribution is -2.40. The minimum Gasteiger partial charge on any atom is -0.480 e. The van der Waals surface area contributed by atoms with E-state index in [4.69, 9.17) is 32.6 Å². The SMILES string of the molecule is C#CCOc1cccc(Cl)c1C1CC(c2csc(C3CCN(C(C=O)n4nc(C(F)F)cc4C(F)F)CC3)n2)=NO1. The van der Waals surface area contributed by atoms with E-state index in [-0.39, 0.29) is 12.5 Å². The average Bonchev–Trinajstić information content (AvgIpc) is 3.73. The number of nitrogens with zero attached hydrogens (tertiary/aromatic N) is 5. The van der Waals surface area contributed by atoms with E-state index >= 15 is 0 Å². The highest BCUT2D eigenvalue weighted by atomic mass is 35.5. The monoisotopic (exact) mass is 609 g/mol. The number of hydrogen-bond acceptors (Lipinski definition) is 8. The number of benzene rings is 1. The Morgan fingerprint density at radius 2 is 2.02 bits per heavy atom. The first-order chi connectivity index (χ1) is 19.8. The number of likely N-dealkylation sites (tertiary alicyclic amines) is 1. The van der Waals surface area contributed by atoms with E-state index in [9.17, 15) is 22.4 Å². The Morgan fingerprint density at radius 1 is 1.24 bits per heavy atom. The van der Waals surface area contributed by atoms with Crippen LogP contribution in [0.3, 0.4) is 0 Å². The third-order valence-electron chi connectivity index (χ3n) is 6.99. The molecule has 0 aliphatic carbocycles. The normalized spacial score (nSPS) is 18.8. The zero-order valence-electron chi connectivity index (χ0n) is 21.4. The van der Waals surface area contributed by atoms with E-state index in [1.54, 1.807) is 23.1 Å². The van der Waals surface area contributed by atoms with Gasteiger partial charge in [-0.2, -0.15) is 5.10 Å². The molecule has 2 atom stereocenters. The van der Waals surface area contributed by atoms with Crippen molar-refractivity contribution < 1.29 is 31.9 Å². The standard InChI is InChI=1S/C27H24ClF4N5O3S/c1-2-10-39-21-5-3-4-16(28)24(21)22-12-17(35-40-22)19-14-41-27(33-19)15-6-8-36(9-7-15)23(13-38)37-20(26(31)32)11-18(34-37)25(29)30/h1,3-5,11,13-15,22-23,25-26H,6-10,12H2. The summed E-state index contributed by atoms with van der Waals surface area (Å²) in [6.07, 6.45) is -0.373. The maximum Gasteiger partial charge on any atom is 0.282 e. The number of hydrogen-bond donors (Lipinski definition) is 0. The van der Waals surface area contributed by atoms with Gasteiger partial charge in [0.2, 0.25) is 0 Å². The first kappa shape index (κ1) is 29.0. The van der Waals surface area contributed by atoms with Crippen LogP contribution in [0.5, 0.6) is 5.75 Å². The number of piperidine rings is 1. The lowest BCUT2D eigenvalue weighted by molar-refractivity contribution is -0.116. The summed E-state index contributed by atoms with van der Waals surface area (Å²) in [7, 11) is 0. The fourth-order valence-corrected chi connectivity index (χ4v) is 6.27. The summed E-state index contributed by atoms with van der Waals surface area (Å²) in [5, 5.41) is 11.1. The second kappa shape index (κ2) is 12.6. The molecule has 1 saturated heterocycles. The van der Waals surface area contributed by atoms with Gasteiger partial charge in [0.25, 0.3) is 12.9 Å². The van der Waals surface area contributed by atoms with E-state index in [1.165, 1.54) is 11.3 Å². The van der Waals surface area contributed by atoms with E-state index < -0.39 is 36.5 Å². The fraction of sp³-hybridized carbons (Fsp3) is 0.407. The van der Waals surface area contributed by atoms with Gasteiger partial charge in [-0.1, -0.05) is 28.7 Å². The number of oxime groups is 1. The Bertz CT molecular complexity index is 1470. The Balaban J connectivity index is 1.23.